The number of piperazine rings is 1. The molecule has 3 aromatic rings. The number of benzene rings is 3. The Hall–Kier alpha value is -3.91. The number of rotatable bonds is 7. The van der Waals surface area contributed by atoms with Crippen LogP contribution in [-0.4, -0.2) is 50.9 Å². The van der Waals surface area contributed by atoms with E-state index in [0.29, 0.717) is 42.5 Å². The maximum atomic E-state index is 13.2. The maximum Gasteiger partial charge on any atom is 0.264 e. The third-order valence-corrected chi connectivity index (χ3v) is 7.22. The van der Waals surface area contributed by atoms with E-state index in [2.05, 4.69) is 45.7 Å². The van der Waals surface area contributed by atoms with Gasteiger partial charge in [-0.1, -0.05) is 24.3 Å². The lowest BCUT2D eigenvalue weighted by Crippen LogP contribution is -2.49. The number of methoxy groups -OCH3 is 1. The molecule has 0 saturated carbocycles. The van der Waals surface area contributed by atoms with Crippen LogP contribution in [0.2, 0.25) is 0 Å². The Morgan fingerprint density at radius 3 is 2.55 bits per heavy atom. The van der Waals surface area contributed by atoms with Crippen LogP contribution >= 0.6 is 22.6 Å². The van der Waals surface area contributed by atoms with Gasteiger partial charge >= 0.3 is 0 Å². The Morgan fingerprint density at radius 2 is 1.82 bits per heavy atom. The standard InChI is InChI=1S/C29H26IN3O5/c1-35-27-16-21(14-24(30)28(27)36-18-20-7-8-25-26(15-20)38-19-37-25)13-22(17-31)29(34)33-11-9-32(10-12-33)23-5-3-2-4-6-23/h2-8,13-16H,9-12,18-19H2,1H3/b22-13-. The molecule has 3 aromatic carbocycles. The smallest absolute Gasteiger partial charge is 0.264 e. The van der Waals surface area contributed by atoms with Crippen LogP contribution in [0.1, 0.15) is 11.1 Å². The predicted molar refractivity (Wildman–Crippen MR) is 151 cm³/mol. The lowest BCUT2D eigenvalue weighted by molar-refractivity contribution is -0.126. The Bertz CT molecular complexity index is 1400. The third-order valence-electron chi connectivity index (χ3n) is 6.42. The van der Waals surface area contributed by atoms with E-state index in [9.17, 15) is 10.1 Å². The summed E-state index contributed by atoms with van der Waals surface area (Å²) in [6.07, 6.45) is 1.61. The molecular weight excluding hydrogens is 597 g/mol. The van der Waals surface area contributed by atoms with Gasteiger partial charge in [-0.05, 0) is 76.2 Å². The number of para-hydroxylation sites is 1. The highest BCUT2D eigenvalue weighted by Gasteiger charge is 2.24. The summed E-state index contributed by atoms with van der Waals surface area (Å²) in [4.78, 5) is 17.1. The minimum Gasteiger partial charge on any atom is -0.493 e. The molecule has 194 valence electrons. The van der Waals surface area contributed by atoms with Crippen molar-refractivity contribution in [3.05, 3.63) is 80.9 Å². The topological polar surface area (TPSA) is 84.3 Å². The van der Waals surface area contributed by atoms with Crippen molar-refractivity contribution in [2.24, 2.45) is 0 Å². The van der Waals surface area contributed by atoms with Crippen molar-refractivity contribution >= 4 is 40.3 Å². The lowest BCUT2D eigenvalue weighted by Gasteiger charge is -2.36. The molecule has 1 amide bonds. The Balaban J connectivity index is 1.27. The Kier molecular flexibility index (Phi) is 7.89. The molecule has 0 spiro atoms. The fourth-order valence-corrected chi connectivity index (χ4v) is 5.22. The van der Waals surface area contributed by atoms with Gasteiger partial charge in [-0.25, -0.2) is 0 Å². The number of carbonyl (C=O) groups is 1. The molecule has 38 heavy (non-hydrogen) atoms. The van der Waals surface area contributed by atoms with Gasteiger partial charge in [-0.15, -0.1) is 0 Å². The average molecular weight is 623 g/mol. The zero-order chi connectivity index (χ0) is 26.5. The second-order valence-corrected chi connectivity index (χ2v) is 9.96. The maximum absolute atomic E-state index is 13.2. The van der Waals surface area contributed by atoms with Crippen LogP contribution < -0.4 is 23.8 Å². The molecule has 0 N–H and O–H groups in total. The fourth-order valence-electron chi connectivity index (χ4n) is 4.43. The van der Waals surface area contributed by atoms with Crippen LogP contribution in [-0.2, 0) is 11.4 Å². The molecule has 1 saturated heterocycles. The zero-order valence-corrected chi connectivity index (χ0v) is 23.0. The molecule has 8 nitrogen and oxygen atoms in total. The highest BCUT2D eigenvalue weighted by atomic mass is 127. The van der Waals surface area contributed by atoms with Gasteiger partial charge in [0.1, 0.15) is 18.2 Å². The van der Waals surface area contributed by atoms with Gasteiger partial charge in [-0.3, -0.25) is 4.79 Å². The number of halogens is 1. The van der Waals surface area contributed by atoms with Crippen molar-refractivity contribution in [3.8, 4) is 29.1 Å². The van der Waals surface area contributed by atoms with Crippen LogP contribution in [0.3, 0.4) is 0 Å². The zero-order valence-electron chi connectivity index (χ0n) is 20.9. The van der Waals surface area contributed by atoms with E-state index >= 15 is 0 Å². The first-order valence-electron chi connectivity index (χ1n) is 12.2. The summed E-state index contributed by atoms with van der Waals surface area (Å²) in [6, 6.07) is 21.5. The number of amides is 1. The second-order valence-electron chi connectivity index (χ2n) is 8.80. The average Bonchev–Trinajstić information content (AvgIpc) is 3.43. The summed E-state index contributed by atoms with van der Waals surface area (Å²) in [5.74, 6) is 2.26. The fraction of sp³-hybridized carbons (Fsp3) is 0.241. The van der Waals surface area contributed by atoms with Gasteiger partial charge in [0, 0.05) is 31.9 Å². The van der Waals surface area contributed by atoms with Crippen molar-refractivity contribution in [3.63, 3.8) is 0 Å². The van der Waals surface area contributed by atoms with Crippen LogP contribution in [0.15, 0.2) is 66.2 Å². The molecule has 0 bridgehead atoms. The van der Waals surface area contributed by atoms with Crippen LogP contribution in [0.4, 0.5) is 5.69 Å². The predicted octanol–water partition coefficient (Wildman–Crippen LogP) is 4.86. The lowest BCUT2D eigenvalue weighted by atomic mass is 10.1. The van der Waals surface area contributed by atoms with E-state index in [-0.39, 0.29) is 18.3 Å². The molecule has 2 heterocycles. The summed E-state index contributed by atoms with van der Waals surface area (Å²) in [7, 11) is 1.56. The number of nitrogens with zero attached hydrogens (tertiary/aromatic N) is 3. The largest absolute Gasteiger partial charge is 0.493 e. The number of carbonyl (C=O) groups excluding carboxylic acids is 1. The first-order valence-corrected chi connectivity index (χ1v) is 13.2. The van der Waals surface area contributed by atoms with Crippen molar-refractivity contribution in [2.45, 2.75) is 6.61 Å². The number of hydrogen-bond acceptors (Lipinski definition) is 7. The van der Waals surface area contributed by atoms with Crippen molar-refractivity contribution in [1.29, 1.82) is 5.26 Å². The first kappa shape index (κ1) is 25.7. The molecule has 5 rings (SSSR count). The molecule has 2 aliphatic heterocycles. The van der Waals surface area contributed by atoms with Crippen molar-refractivity contribution < 1.29 is 23.7 Å². The molecular formula is C29H26IN3O5. The number of nitriles is 1. The van der Waals surface area contributed by atoms with Crippen molar-refractivity contribution in [1.82, 2.24) is 4.90 Å². The molecule has 0 aromatic heterocycles. The normalized spacial score (nSPS) is 14.7. The summed E-state index contributed by atoms with van der Waals surface area (Å²) < 4.78 is 23.3. The molecule has 0 aliphatic carbocycles. The highest BCUT2D eigenvalue weighted by Crippen LogP contribution is 2.37. The van der Waals surface area contributed by atoms with Gasteiger partial charge in [0.15, 0.2) is 23.0 Å². The van der Waals surface area contributed by atoms with Gasteiger partial charge in [0.2, 0.25) is 6.79 Å². The van der Waals surface area contributed by atoms with E-state index in [1.54, 1.807) is 24.2 Å². The molecule has 9 heteroatoms. The van der Waals surface area contributed by atoms with Gasteiger partial charge < -0.3 is 28.7 Å². The van der Waals surface area contributed by atoms with Gasteiger partial charge in [-0.2, -0.15) is 5.26 Å². The molecule has 0 unspecified atom stereocenters. The van der Waals surface area contributed by atoms with E-state index in [4.69, 9.17) is 18.9 Å². The van der Waals surface area contributed by atoms with Crippen LogP contribution in [0, 0.1) is 14.9 Å². The third kappa shape index (κ3) is 5.65. The Morgan fingerprint density at radius 1 is 1.05 bits per heavy atom. The van der Waals surface area contributed by atoms with E-state index < -0.39 is 0 Å². The quantitative estimate of drug-likeness (QED) is 0.211. The molecule has 0 radical (unpaired) electrons. The minimum absolute atomic E-state index is 0.0880. The van der Waals surface area contributed by atoms with E-state index in [1.165, 1.54) is 0 Å². The number of anilines is 1. The summed E-state index contributed by atoms with van der Waals surface area (Å²) in [5.41, 5.74) is 2.85. The monoisotopic (exact) mass is 623 g/mol. The number of fused-ring (bicyclic) bond motifs is 1. The van der Waals surface area contributed by atoms with E-state index in [0.717, 1.165) is 33.7 Å². The van der Waals surface area contributed by atoms with E-state index in [1.807, 2.05) is 42.5 Å². The van der Waals surface area contributed by atoms with Crippen LogP contribution in [0.25, 0.3) is 6.08 Å². The van der Waals surface area contributed by atoms with Gasteiger partial charge in [0.05, 0.1) is 10.7 Å². The number of ether oxygens (including phenoxy) is 4. The summed E-state index contributed by atoms with van der Waals surface area (Å²) in [5, 5.41) is 9.79. The van der Waals surface area contributed by atoms with Gasteiger partial charge in [0.25, 0.3) is 5.91 Å². The second kappa shape index (κ2) is 11.6. The Labute approximate surface area is 235 Å². The molecule has 0 atom stereocenters. The molecule has 1 fully saturated rings. The minimum atomic E-state index is -0.266. The number of hydrogen-bond donors (Lipinski definition) is 0. The molecule has 2 aliphatic rings. The van der Waals surface area contributed by atoms with Crippen molar-refractivity contribution in [2.75, 3.05) is 45.0 Å². The first-order chi connectivity index (χ1) is 18.6. The van der Waals surface area contributed by atoms with Crippen LogP contribution in [0.5, 0.6) is 23.0 Å². The highest BCUT2D eigenvalue weighted by molar-refractivity contribution is 14.1. The summed E-state index contributed by atoms with van der Waals surface area (Å²) in [6.45, 7) is 3.08. The summed E-state index contributed by atoms with van der Waals surface area (Å²) >= 11 is 2.17. The SMILES string of the molecule is COc1cc(/C=C(/C#N)C(=O)N2CCN(c3ccccc3)CC2)cc(I)c1OCc1ccc2c(c1)OCO2.